The van der Waals surface area contributed by atoms with Gasteiger partial charge in [-0.1, -0.05) is 18.2 Å². The van der Waals surface area contributed by atoms with E-state index in [0.717, 1.165) is 5.56 Å². The molecule has 0 amide bonds. The van der Waals surface area contributed by atoms with Gasteiger partial charge in [0.15, 0.2) is 0 Å². The summed E-state index contributed by atoms with van der Waals surface area (Å²) in [6, 6.07) is 11.2. The van der Waals surface area contributed by atoms with E-state index in [2.05, 4.69) is 0 Å². The van der Waals surface area contributed by atoms with Crippen LogP contribution in [0.2, 0.25) is 0 Å². The quantitative estimate of drug-likeness (QED) is 0.917. The van der Waals surface area contributed by atoms with Crippen LogP contribution in [0, 0.1) is 11.6 Å². The van der Waals surface area contributed by atoms with Gasteiger partial charge < -0.3 is 10.6 Å². The summed E-state index contributed by atoms with van der Waals surface area (Å²) in [4.78, 5) is 1.80. The normalized spacial score (nSPS) is 10.5. The number of anilines is 1. The standard InChI is InChI=1S/C15H16F2N2/c1-19(14-4-2-3-13(16)8-14)10-12-6-5-11(9-18)7-15(12)17/h2-8H,9-10,18H2,1H3. The summed E-state index contributed by atoms with van der Waals surface area (Å²) in [7, 11) is 1.80. The molecule has 0 atom stereocenters. The lowest BCUT2D eigenvalue weighted by Gasteiger charge is -2.20. The monoisotopic (exact) mass is 262 g/mol. The van der Waals surface area contributed by atoms with Crippen LogP contribution in [0.25, 0.3) is 0 Å². The van der Waals surface area contributed by atoms with Crippen LogP contribution in [0.1, 0.15) is 11.1 Å². The minimum atomic E-state index is -0.302. The first kappa shape index (κ1) is 13.5. The molecule has 0 saturated heterocycles. The number of halogens is 2. The number of hydrogen-bond acceptors (Lipinski definition) is 2. The lowest BCUT2D eigenvalue weighted by Crippen LogP contribution is -2.17. The maximum Gasteiger partial charge on any atom is 0.128 e. The molecule has 0 heterocycles. The lowest BCUT2D eigenvalue weighted by atomic mass is 10.1. The van der Waals surface area contributed by atoms with Gasteiger partial charge in [-0.05, 0) is 29.8 Å². The molecule has 2 aromatic rings. The van der Waals surface area contributed by atoms with Gasteiger partial charge in [-0.15, -0.1) is 0 Å². The molecular formula is C15H16F2N2. The van der Waals surface area contributed by atoms with E-state index in [-0.39, 0.29) is 11.6 Å². The molecule has 0 fully saturated rings. The molecule has 19 heavy (non-hydrogen) atoms. The molecule has 0 aliphatic heterocycles. The highest BCUT2D eigenvalue weighted by Crippen LogP contribution is 2.18. The Hall–Kier alpha value is -1.94. The van der Waals surface area contributed by atoms with Crippen molar-refractivity contribution in [2.75, 3.05) is 11.9 Å². The highest BCUT2D eigenvalue weighted by Gasteiger charge is 2.08. The highest BCUT2D eigenvalue weighted by molar-refractivity contribution is 5.46. The summed E-state index contributed by atoms with van der Waals surface area (Å²) in [6.45, 7) is 0.692. The molecule has 4 heteroatoms. The average Bonchev–Trinajstić information content (AvgIpc) is 2.41. The van der Waals surface area contributed by atoms with Crippen LogP contribution >= 0.6 is 0 Å². The van der Waals surface area contributed by atoms with Crippen molar-refractivity contribution in [3.05, 3.63) is 65.2 Å². The van der Waals surface area contributed by atoms with E-state index < -0.39 is 0 Å². The zero-order chi connectivity index (χ0) is 13.8. The van der Waals surface area contributed by atoms with E-state index >= 15 is 0 Å². The van der Waals surface area contributed by atoms with Crippen molar-refractivity contribution in [2.24, 2.45) is 5.73 Å². The first-order valence-corrected chi connectivity index (χ1v) is 6.04. The second-order valence-corrected chi connectivity index (χ2v) is 4.47. The van der Waals surface area contributed by atoms with Gasteiger partial charge in [0, 0.05) is 31.4 Å². The van der Waals surface area contributed by atoms with Gasteiger partial charge >= 0.3 is 0 Å². The zero-order valence-electron chi connectivity index (χ0n) is 10.7. The molecule has 2 aromatic carbocycles. The van der Waals surface area contributed by atoms with Crippen molar-refractivity contribution in [1.29, 1.82) is 0 Å². The Balaban J connectivity index is 2.17. The summed E-state index contributed by atoms with van der Waals surface area (Å²) in [6.07, 6.45) is 0. The topological polar surface area (TPSA) is 29.3 Å². The smallest absolute Gasteiger partial charge is 0.128 e. The molecule has 0 unspecified atom stereocenters. The van der Waals surface area contributed by atoms with Crippen LogP contribution in [0.15, 0.2) is 42.5 Å². The van der Waals surface area contributed by atoms with E-state index in [1.807, 2.05) is 0 Å². The Labute approximate surface area is 111 Å². The largest absolute Gasteiger partial charge is 0.370 e. The molecule has 0 radical (unpaired) electrons. The first-order valence-electron chi connectivity index (χ1n) is 6.04. The molecule has 2 rings (SSSR count). The van der Waals surface area contributed by atoms with Gasteiger partial charge in [-0.3, -0.25) is 0 Å². The molecule has 100 valence electrons. The maximum absolute atomic E-state index is 13.8. The minimum Gasteiger partial charge on any atom is -0.370 e. The van der Waals surface area contributed by atoms with Gasteiger partial charge in [-0.2, -0.15) is 0 Å². The van der Waals surface area contributed by atoms with Crippen molar-refractivity contribution in [1.82, 2.24) is 0 Å². The molecule has 0 bridgehead atoms. The average molecular weight is 262 g/mol. The Morgan fingerprint density at radius 2 is 1.89 bits per heavy atom. The third kappa shape index (κ3) is 3.29. The van der Waals surface area contributed by atoms with Crippen molar-refractivity contribution in [3.8, 4) is 0 Å². The van der Waals surface area contributed by atoms with Gasteiger partial charge in [0.2, 0.25) is 0 Å². The summed E-state index contributed by atoms with van der Waals surface area (Å²) in [5, 5.41) is 0. The number of rotatable bonds is 4. The number of nitrogens with zero attached hydrogens (tertiary/aromatic N) is 1. The van der Waals surface area contributed by atoms with Crippen molar-refractivity contribution in [3.63, 3.8) is 0 Å². The van der Waals surface area contributed by atoms with Crippen LogP contribution < -0.4 is 10.6 Å². The predicted octanol–water partition coefficient (Wildman–Crippen LogP) is 3.06. The van der Waals surface area contributed by atoms with E-state index in [0.29, 0.717) is 24.3 Å². The summed E-state index contributed by atoms with van der Waals surface area (Å²) in [5.74, 6) is -0.588. The number of benzene rings is 2. The Morgan fingerprint density at radius 1 is 1.11 bits per heavy atom. The van der Waals surface area contributed by atoms with Crippen LogP contribution in [0.5, 0.6) is 0 Å². The van der Waals surface area contributed by atoms with E-state index in [1.165, 1.54) is 18.2 Å². The van der Waals surface area contributed by atoms with E-state index in [9.17, 15) is 8.78 Å². The van der Waals surface area contributed by atoms with Gasteiger partial charge in [0.25, 0.3) is 0 Å². The highest BCUT2D eigenvalue weighted by atomic mass is 19.1. The maximum atomic E-state index is 13.8. The van der Waals surface area contributed by atoms with Crippen LogP contribution in [-0.2, 0) is 13.1 Å². The fourth-order valence-electron chi connectivity index (χ4n) is 1.91. The molecule has 0 aliphatic carbocycles. The SMILES string of the molecule is CN(Cc1ccc(CN)cc1F)c1cccc(F)c1. The molecule has 2 N–H and O–H groups in total. The van der Waals surface area contributed by atoms with Crippen LogP contribution in [-0.4, -0.2) is 7.05 Å². The first-order chi connectivity index (χ1) is 9.10. The van der Waals surface area contributed by atoms with Crippen LogP contribution in [0.3, 0.4) is 0 Å². The second kappa shape index (κ2) is 5.80. The minimum absolute atomic E-state index is 0.286. The van der Waals surface area contributed by atoms with Crippen molar-refractivity contribution in [2.45, 2.75) is 13.1 Å². The summed E-state index contributed by atoms with van der Waals surface area (Å²) < 4.78 is 27.0. The van der Waals surface area contributed by atoms with Gasteiger partial charge in [0.1, 0.15) is 11.6 Å². The van der Waals surface area contributed by atoms with Crippen molar-refractivity contribution < 1.29 is 8.78 Å². The second-order valence-electron chi connectivity index (χ2n) is 4.47. The fraction of sp³-hybridized carbons (Fsp3) is 0.200. The summed E-state index contributed by atoms with van der Waals surface area (Å²) >= 11 is 0. The molecule has 0 spiro atoms. The number of nitrogens with two attached hydrogens (primary N) is 1. The lowest BCUT2D eigenvalue weighted by molar-refractivity contribution is 0.605. The third-order valence-corrected chi connectivity index (χ3v) is 3.01. The fourth-order valence-corrected chi connectivity index (χ4v) is 1.91. The van der Waals surface area contributed by atoms with Crippen molar-refractivity contribution >= 4 is 5.69 Å². The Bertz CT molecular complexity index is 570. The Kier molecular flexibility index (Phi) is 4.12. The van der Waals surface area contributed by atoms with Gasteiger partial charge in [-0.25, -0.2) is 8.78 Å². The van der Waals surface area contributed by atoms with E-state index in [4.69, 9.17) is 5.73 Å². The van der Waals surface area contributed by atoms with Gasteiger partial charge in [0.05, 0.1) is 0 Å². The molecule has 0 aromatic heterocycles. The van der Waals surface area contributed by atoms with E-state index in [1.54, 1.807) is 36.2 Å². The zero-order valence-corrected chi connectivity index (χ0v) is 10.7. The predicted molar refractivity (Wildman–Crippen MR) is 72.8 cm³/mol. The number of hydrogen-bond donors (Lipinski definition) is 1. The molecule has 0 aliphatic rings. The molecule has 0 saturated carbocycles. The Morgan fingerprint density at radius 3 is 2.53 bits per heavy atom. The molecule has 2 nitrogen and oxygen atoms in total. The van der Waals surface area contributed by atoms with Crippen LogP contribution in [0.4, 0.5) is 14.5 Å². The summed E-state index contributed by atoms with van der Waals surface area (Å²) in [5.41, 5.74) is 7.49. The molecular weight excluding hydrogens is 246 g/mol. The third-order valence-electron chi connectivity index (χ3n) is 3.01.